The second kappa shape index (κ2) is 4.39. The van der Waals surface area contributed by atoms with E-state index in [0.29, 0.717) is 0 Å². The van der Waals surface area contributed by atoms with Gasteiger partial charge in [0.1, 0.15) is 0 Å². The van der Waals surface area contributed by atoms with Crippen LogP contribution in [0.25, 0.3) is 0 Å². The third kappa shape index (κ3) is 2.97. The molecule has 0 aliphatic heterocycles. The highest BCUT2D eigenvalue weighted by Crippen LogP contribution is 2.15. The number of anilines is 1. The molecule has 0 atom stereocenters. The van der Waals surface area contributed by atoms with Crippen LogP contribution in [0.2, 0.25) is 5.15 Å². The maximum absolute atomic E-state index is 11.2. The highest BCUT2D eigenvalue weighted by atomic mass is 35.5. The third-order valence-corrected chi connectivity index (χ3v) is 2.70. The highest BCUT2D eigenvalue weighted by molar-refractivity contribution is 7.92. The molecule has 1 rings (SSSR count). The van der Waals surface area contributed by atoms with E-state index in [1.165, 1.54) is 18.5 Å². The lowest BCUT2D eigenvalue weighted by molar-refractivity contribution is 0.604. The number of nitrogens with one attached hydrogen (secondary N) is 1. The number of nitrogens with zero attached hydrogens (tertiary/aromatic N) is 2. The molecule has 0 saturated heterocycles. The second-order valence-corrected chi connectivity index (χ2v) is 4.49. The van der Waals surface area contributed by atoms with Crippen molar-refractivity contribution in [1.29, 1.82) is 0 Å². The fourth-order valence-corrected chi connectivity index (χ4v) is 1.78. The molecule has 0 saturated carbocycles. The van der Waals surface area contributed by atoms with E-state index in [1.54, 1.807) is 0 Å². The van der Waals surface area contributed by atoms with Gasteiger partial charge in [-0.1, -0.05) is 17.7 Å². The van der Waals surface area contributed by atoms with Gasteiger partial charge in [0.05, 0.1) is 5.75 Å². The Morgan fingerprint density at radius 3 is 2.71 bits per heavy atom. The molecule has 1 N–H and O–H groups in total. The van der Waals surface area contributed by atoms with Gasteiger partial charge < -0.3 is 0 Å². The van der Waals surface area contributed by atoms with Gasteiger partial charge in [0.15, 0.2) is 11.0 Å². The minimum atomic E-state index is -3.46. The summed E-state index contributed by atoms with van der Waals surface area (Å²) in [6.45, 7) is 3.32. The van der Waals surface area contributed by atoms with Gasteiger partial charge in [-0.25, -0.2) is 18.4 Å². The molecule has 0 aliphatic carbocycles. The van der Waals surface area contributed by atoms with Crippen LogP contribution in [0.1, 0.15) is 0 Å². The molecule has 7 heteroatoms. The molecular formula is C7H8ClN3O2S. The molecule has 0 radical (unpaired) electrons. The zero-order valence-electron chi connectivity index (χ0n) is 7.14. The Labute approximate surface area is 86.9 Å². The van der Waals surface area contributed by atoms with Crippen LogP contribution in [-0.2, 0) is 10.0 Å². The molecule has 0 unspecified atom stereocenters. The van der Waals surface area contributed by atoms with Crippen molar-refractivity contribution in [3.05, 3.63) is 30.2 Å². The van der Waals surface area contributed by atoms with Crippen molar-refractivity contribution < 1.29 is 8.42 Å². The molecule has 0 spiro atoms. The summed E-state index contributed by atoms with van der Waals surface area (Å²) in [5.74, 6) is -0.170. The molecule has 0 aromatic carbocycles. The Morgan fingerprint density at radius 2 is 2.14 bits per heavy atom. The second-order valence-electron chi connectivity index (χ2n) is 2.37. The van der Waals surface area contributed by atoms with Crippen LogP contribution in [0, 0.1) is 0 Å². The number of aromatic nitrogens is 2. The monoisotopic (exact) mass is 233 g/mol. The van der Waals surface area contributed by atoms with Crippen molar-refractivity contribution in [2.75, 3.05) is 10.5 Å². The summed E-state index contributed by atoms with van der Waals surface area (Å²) in [7, 11) is -3.46. The Balaban J connectivity index is 2.89. The van der Waals surface area contributed by atoms with Crippen molar-refractivity contribution in [3.8, 4) is 0 Å². The highest BCUT2D eigenvalue weighted by Gasteiger charge is 2.11. The van der Waals surface area contributed by atoms with Crippen molar-refractivity contribution in [3.63, 3.8) is 0 Å². The zero-order chi connectivity index (χ0) is 10.6. The van der Waals surface area contributed by atoms with Gasteiger partial charge in [-0.2, -0.15) is 0 Å². The van der Waals surface area contributed by atoms with Crippen LogP contribution in [0.5, 0.6) is 0 Å². The van der Waals surface area contributed by atoms with Crippen LogP contribution in [0.3, 0.4) is 0 Å². The summed E-state index contributed by atoms with van der Waals surface area (Å²) in [4.78, 5) is 7.40. The van der Waals surface area contributed by atoms with Crippen molar-refractivity contribution >= 4 is 27.4 Å². The van der Waals surface area contributed by atoms with Crippen molar-refractivity contribution in [2.24, 2.45) is 0 Å². The van der Waals surface area contributed by atoms with Crippen LogP contribution in [0.15, 0.2) is 25.0 Å². The van der Waals surface area contributed by atoms with Crippen LogP contribution in [-0.4, -0.2) is 24.1 Å². The maximum Gasteiger partial charge on any atom is 0.237 e. The number of rotatable bonds is 4. The van der Waals surface area contributed by atoms with E-state index in [4.69, 9.17) is 11.6 Å². The maximum atomic E-state index is 11.2. The Morgan fingerprint density at radius 1 is 1.50 bits per heavy atom. The molecule has 0 aliphatic rings. The lowest BCUT2D eigenvalue weighted by Gasteiger charge is -2.04. The predicted molar refractivity (Wildman–Crippen MR) is 54.6 cm³/mol. The summed E-state index contributed by atoms with van der Waals surface area (Å²) < 4.78 is 24.7. The van der Waals surface area contributed by atoms with Gasteiger partial charge in [0.2, 0.25) is 10.0 Å². The standard InChI is InChI=1S/C7H8ClN3O2S/c1-2-5-14(12,13)11-7-6(8)9-3-4-10-7/h2-4H,1,5H2,(H,10,11). The summed E-state index contributed by atoms with van der Waals surface area (Å²) >= 11 is 5.60. The van der Waals surface area contributed by atoms with Gasteiger partial charge in [0.25, 0.3) is 0 Å². The number of hydrogen-bond donors (Lipinski definition) is 1. The fourth-order valence-electron chi connectivity index (χ4n) is 0.734. The molecule has 1 aromatic heterocycles. The molecular weight excluding hydrogens is 226 g/mol. The van der Waals surface area contributed by atoms with E-state index >= 15 is 0 Å². The van der Waals surface area contributed by atoms with Gasteiger partial charge in [-0.3, -0.25) is 4.72 Å². The van der Waals surface area contributed by atoms with Crippen molar-refractivity contribution in [2.45, 2.75) is 0 Å². The summed E-state index contributed by atoms with van der Waals surface area (Å²) in [6, 6.07) is 0. The van der Waals surface area contributed by atoms with Gasteiger partial charge in [0, 0.05) is 12.4 Å². The van der Waals surface area contributed by atoms with Gasteiger partial charge >= 0.3 is 0 Å². The number of hydrogen-bond acceptors (Lipinski definition) is 4. The van der Waals surface area contributed by atoms with E-state index in [2.05, 4.69) is 21.3 Å². The molecule has 0 fully saturated rings. The van der Waals surface area contributed by atoms with E-state index in [1.807, 2.05) is 0 Å². The Kier molecular flexibility index (Phi) is 3.43. The normalized spacial score (nSPS) is 10.9. The zero-order valence-corrected chi connectivity index (χ0v) is 8.72. The summed E-state index contributed by atoms with van der Waals surface area (Å²) in [5.41, 5.74) is 0. The molecule has 1 aromatic rings. The van der Waals surface area contributed by atoms with E-state index in [9.17, 15) is 8.42 Å². The first-order valence-corrected chi connectivity index (χ1v) is 5.66. The molecule has 0 amide bonds. The molecule has 5 nitrogen and oxygen atoms in total. The molecule has 76 valence electrons. The first-order chi connectivity index (χ1) is 6.55. The van der Waals surface area contributed by atoms with E-state index < -0.39 is 10.0 Å². The minimum Gasteiger partial charge on any atom is -0.264 e. The summed E-state index contributed by atoms with van der Waals surface area (Å²) in [5, 5.41) is 0.0140. The topological polar surface area (TPSA) is 72.0 Å². The molecule has 1 heterocycles. The third-order valence-electron chi connectivity index (χ3n) is 1.24. The SMILES string of the molecule is C=CCS(=O)(=O)Nc1nccnc1Cl. The van der Waals surface area contributed by atoms with Gasteiger partial charge in [-0.05, 0) is 0 Å². The lowest BCUT2D eigenvalue weighted by atomic mass is 10.7. The van der Waals surface area contributed by atoms with Crippen molar-refractivity contribution in [1.82, 2.24) is 9.97 Å². The van der Waals surface area contributed by atoms with Crippen LogP contribution >= 0.6 is 11.6 Å². The summed E-state index contributed by atoms with van der Waals surface area (Å²) in [6.07, 6.45) is 3.98. The lowest BCUT2D eigenvalue weighted by Crippen LogP contribution is -2.16. The predicted octanol–water partition coefficient (Wildman–Crippen LogP) is 1.06. The first-order valence-electron chi connectivity index (χ1n) is 3.63. The smallest absolute Gasteiger partial charge is 0.237 e. The first kappa shape index (κ1) is 10.9. The number of halogens is 1. The van der Waals surface area contributed by atoms with Crippen LogP contribution in [0.4, 0.5) is 5.82 Å². The average Bonchev–Trinajstić information content (AvgIpc) is 2.08. The quantitative estimate of drug-likeness (QED) is 0.790. The Bertz CT molecular complexity index is 432. The average molecular weight is 234 g/mol. The molecule has 0 bridgehead atoms. The fraction of sp³-hybridized carbons (Fsp3) is 0.143. The molecule has 14 heavy (non-hydrogen) atoms. The minimum absolute atomic E-state index is 0.0140. The van der Waals surface area contributed by atoms with E-state index in [-0.39, 0.29) is 16.7 Å². The van der Waals surface area contributed by atoms with Crippen LogP contribution < -0.4 is 4.72 Å². The largest absolute Gasteiger partial charge is 0.264 e. The number of sulfonamides is 1. The Hall–Kier alpha value is -1.14. The van der Waals surface area contributed by atoms with E-state index in [0.717, 1.165) is 0 Å². The van der Waals surface area contributed by atoms with Gasteiger partial charge in [-0.15, -0.1) is 6.58 Å².